The van der Waals surface area contributed by atoms with E-state index in [2.05, 4.69) is 25.2 Å². The Kier molecular flexibility index (Phi) is 5.25. The zero-order valence-corrected chi connectivity index (χ0v) is 11.9. The zero-order chi connectivity index (χ0) is 12.2. The van der Waals surface area contributed by atoms with Crippen LogP contribution in [0.3, 0.4) is 0 Å². The molecular weight excluding hydrogens is 242 g/mol. The van der Waals surface area contributed by atoms with Crippen molar-refractivity contribution in [1.82, 2.24) is 5.32 Å². The van der Waals surface area contributed by atoms with Crippen molar-refractivity contribution < 1.29 is 4.74 Å². The van der Waals surface area contributed by atoms with Crippen LogP contribution in [0.1, 0.15) is 37.6 Å². The van der Waals surface area contributed by atoms with Gasteiger partial charge in [-0.25, -0.2) is 0 Å². The number of ether oxygens (including phenoxy) is 1. The minimum absolute atomic E-state index is 0.0594. The topological polar surface area (TPSA) is 21.3 Å². The number of thiophene rings is 1. The van der Waals surface area contributed by atoms with Gasteiger partial charge < -0.3 is 10.1 Å². The molecule has 1 atom stereocenters. The Labute approximate surface area is 107 Å². The minimum atomic E-state index is -0.0594. The molecule has 0 aliphatic heterocycles. The average Bonchev–Trinajstić information content (AvgIpc) is 2.66. The lowest BCUT2D eigenvalue weighted by atomic mass is 9.98. The van der Waals surface area contributed by atoms with Crippen LogP contribution in [0.4, 0.5) is 0 Å². The quantitative estimate of drug-likeness (QED) is 0.840. The molecule has 0 bridgehead atoms. The highest BCUT2D eigenvalue weighted by Gasteiger charge is 2.20. The molecule has 0 aliphatic rings. The normalized spacial score (nSPS) is 14.1. The van der Waals surface area contributed by atoms with Gasteiger partial charge in [-0.15, -0.1) is 11.3 Å². The summed E-state index contributed by atoms with van der Waals surface area (Å²) in [6.07, 6.45) is 2.07. The summed E-state index contributed by atoms with van der Waals surface area (Å²) >= 11 is 7.59. The van der Waals surface area contributed by atoms with Crippen LogP contribution in [-0.4, -0.2) is 19.8 Å². The third-order valence-corrected chi connectivity index (χ3v) is 4.22. The summed E-state index contributed by atoms with van der Waals surface area (Å²) in [7, 11) is 3.74. The van der Waals surface area contributed by atoms with E-state index in [0.717, 1.165) is 17.2 Å². The smallest absolute Gasteiger partial charge is 0.0931 e. The van der Waals surface area contributed by atoms with Gasteiger partial charge in [0.2, 0.25) is 0 Å². The molecule has 0 radical (unpaired) electrons. The van der Waals surface area contributed by atoms with Crippen molar-refractivity contribution >= 4 is 22.9 Å². The molecule has 1 rings (SSSR count). The maximum absolute atomic E-state index is 5.94. The maximum atomic E-state index is 5.94. The van der Waals surface area contributed by atoms with E-state index >= 15 is 0 Å². The molecule has 1 N–H and O–H groups in total. The monoisotopic (exact) mass is 261 g/mol. The van der Waals surface area contributed by atoms with E-state index in [1.54, 1.807) is 18.4 Å². The molecule has 0 spiro atoms. The second-order valence-corrected chi connectivity index (χ2v) is 6.23. The van der Waals surface area contributed by atoms with Crippen LogP contribution in [0, 0.1) is 0 Å². The first-order valence-corrected chi connectivity index (χ1v) is 6.65. The van der Waals surface area contributed by atoms with Gasteiger partial charge in [-0.3, -0.25) is 0 Å². The number of hydrogen-bond acceptors (Lipinski definition) is 3. The predicted octanol–water partition coefficient (Wildman–Crippen LogP) is 3.87. The Bertz CT molecular complexity index is 325. The number of methoxy groups -OCH3 is 1. The van der Waals surface area contributed by atoms with Crippen molar-refractivity contribution in [3.05, 3.63) is 21.3 Å². The molecule has 2 nitrogen and oxygen atoms in total. The summed E-state index contributed by atoms with van der Waals surface area (Å²) < 4.78 is 6.27. The predicted molar refractivity (Wildman–Crippen MR) is 71.5 cm³/mol. The van der Waals surface area contributed by atoms with E-state index in [9.17, 15) is 0 Å². The summed E-state index contributed by atoms with van der Waals surface area (Å²) in [5.74, 6) is 0. The fourth-order valence-electron chi connectivity index (χ4n) is 1.54. The standard InChI is InChI=1S/C12H20ClNOS/c1-12(2,15-4)8-7-9(14-3)10-5-6-11(13)16-10/h5-6,9,14H,7-8H2,1-4H3. The van der Waals surface area contributed by atoms with Gasteiger partial charge in [-0.1, -0.05) is 11.6 Å². The van der Waals surface area contributed by atoms with Crippen molar-refractivity contribution in [3.63, 3.8) is 0 Å². The van der Waals surface area contributed by atoms with Crippen LogP contribution in [0.15, 0.2) is 12.1 Å². The van der Waals surface area contributed by atoms with E-state index in [-0.39, 0.29) is 5.60 Å². The fraction of sp³-hybridized carbons (Fsp3) is 0.667. The molecule has 1 unspecified atom stereocenters. The molecule has 4 heteroatoms. The number of nitrogens with one attached hydrogen (secondary N) is 1. The van der Waals surface area contributed by atoms with Crippen LogP contribution < -0.4 is 5.32 Å². The summed E-state index contributed by atoms with van der Waals surface area (Å²) in [6, 6.07) is 4.41. The molecular formula is C12H20ClNOS. The molecule has 1 heterocycles. The van der Waals surface area contributed by atoms with Crippen LogP contribution in [0.5, 0.6) is 0 Å². The fourth-order valence-corrected chi connectivity index (χ4v) is 2.74. The van der Waals surface area contributed by atoms with Gasteiger partial charge in [0.05, 0.1) is 9.94 Å². The van der Waals surface area contributed by atoms with Crippen molar-refractivity contribution in [2.75, 3.05) is 14.2 Å². The zero-order valence-electron chi connectivity index (χ0n) is 10.3. The lowest BCUT2D eigenvalue weighted by Gasteiger charge is -2.25. The largest absolute Gasteiger partial charge is 0.379 e. The van der Waals surface area contributed by atoms with Crippen molar-refractivity contribution in [2.24, 2.45) is 0 Å². The van der Waals surface area contributed by atoms with Crippen molar-refractivity contribution in [2.45, 2.75) is 38.3 Å². The lowest BCUT2D eigenvalue weighted by Crippen LogP contribution is -2.25. The summed E-state index contributed by atoms with van der Waals surface area (Å²) in [6.45, 7) is 4.22. The summed E-state index contributed by atoms with van der Waals surface area (Å²) in [5, 5.41) is 3.32. The summed E-state index contributed by atoms with van der Waals surface area (Å²) in [4.78, 5) is 1.29. The third kappa shape index (κ3) is 4.06. The Balaban J connectivity index is 2.56. The average molecular weight is 262 g/mol. The van der Waals surface area contributed by atoms with Crippen LogP contribution in [-0.2, 0) is 4.74 Å². The Morgan fingerprint density at radius 2 is 2.19 bits per heavy atom. The molecule has 16 heavy (non-hydrogen) atoms. The van der Waals surface area contributed by atoms with Crippen LogP contribution in [0.2, 0.25) is 4.34 Å². The molecule has 92 valence electrons. The number of halogens is 1. The highest BCUT2D eigenvalue weighted by Crippen LogP contribution is 2.31. The SMILES string of the molecule is CNC(CCC(C)(C)OC)c1ccc(Cl)s1. The summed E-state index contributed by atoms with van der Waals surface area (Å²) in [5.41, 5.74) is -0.0594. The van der Waals surface area contributed by atoms with E-state index in [4.69, 9.17) is 16.3 Å². The second kappa shape index (κ2) is 6.01. The van der Waals surface area contributed by atoms with E-state index in [1.807, 2.05) is 13.1 Å². The first-order chi connectivity index (χ1) is 7.48. The van der Waals surface area contributed by atoms with Crippen molar-refractivity contribution in [3.8, 4) is 0 Å². The second-order valence-electron chi connectivity index (χ2n) is 4.49. The van der Waals surface area contributed by atoms with Gasteiger partial charge in [-0.2, -0.15) is 0 Å². The van der Waals surface area contributed by atoms with Crippen LogP contribution >= 0.6 is 22.9 Å². The first-order valence-electron chi connectivity index (χ1n) is 5.46. The third-order valence-electron chi connectivity index (χ3n) is 2.87. The molecule has 0 saturated heterocycles. The Morgan fingerprint density at radius 3 is 2.62 bits per heavy atom. The molecule has 0 saturated carbocycles. The number of hydrogen-bond donors (Lipinski definition) is 1. The van der Waals surface area contributed by atoms with E-state index in [1.165, 1.54) is 4.88 Å². The number of rotatable bonds is 6. The van der Waals surface area contributed by atoms with Gasteiger partial charge in [-0.05, 0) is 45.9 Å². The van der Waals surface area contributed by atoms with Crippen LogP contribution in [0.25, 0.3) is 0 Å². The lowest BCUT2D eigenvalue weighted by molar-refractivity contribution is 0.0119. The van der Waals surface area contributed by atoms with Gasteiger partial charge in [0.15, 0.2) is 0 Å². The molecule has 0 aliphatic carbocycles. The minimum Gasteiger partial charge on any atom is -0.379 e. The van der Waals surface area contributed by atoms with E-state index < -0.39 is 0 Å². The maximum Gasteiger partial charge on any atom is 0.0931 e. The van der Waals surface area contributed by atoms with Gasteiger partial charge in [0, 0.05) is 18.0 Å². The molecule has 1 aromatic rings. The van der Waals surface area contributed by atoms with Gasteiger partial charge >= 0.3 is 0 Å². The van der Waals surface area contributed by atoms with Crippen molar-refractivity contribution in [1.29, 1.82) is 0 Å². The van der Waals surface area contributed by atoms with Gasteiger partial charge in [0.1, 0.15) is 0 Å². The first kappa shape index (κ1) is 14.0. The highest BCUT2D eigenvalue weighted by atomic mass is 35.5. The molecule has 0 fully saturated rings. The molecule has 1 aromatic heterocycles. The Hall–Kier alpha value is -0.0900. The molecule has 0 aromatic carbocycles. The van der Waals surface area contributed by atoms with E-state index in [0.29, 0.717) is 6.04 Å². The highest BCUT2D eigenvalue weighted by molar-refractivity contribution is 7.16. The van der Waals surface area contributed by atoms with Gasteiger partial charge in [0.25, 0.3) is 0 Å². The molecule has 0 amide bonds. The Morgan fingerprint density at radius 1 is 1.50 bits per heavy atom.